The minimum absolute atomic E-state index is 0.00946. The molecule has 0 radical (unpaired) electrons. The van der Waals surface area contributed by atoms with Crippen molar-refractivity contribution in [3.05, 3.63) is 95.3 Å². The van der Waals surface area contributed by atoms with Crippen molar-refractivity contribution < 1.29 is 9.90 Å². The number of nitrogens with zero attached hydrogens (tertiary/aromatic N) is 1. The van der Waals surface area contributed by atoms with Crippen LogP contribution in [-0.2, 0) is 18.3 Å². The summed E-state index contributed by atoms with van der Waals surface area (Å²) in [6.07, 6.45) is 8.92. The highest BCUT2D eigenvalue weighted by Crippen LogP contribution is 2.54. The molecule has 0 spiro atoms. The van der Waals surface area contributed by atoms with Gasteiger partial charge in [0, 0.05) is 17.2 Å². The standard InChI is InChI=1S/C28H30N2O2/c1-27(32)13-14-28(17-20-6-3-2-4-7-20)23(18-27)11-9-21-16-22(10-12-25(21)28)26(31)30-24-8-5-15-29-19-24/h2-8,10,12,15-16,19,23,32H,9,11,13-14,17-18H2,1H3,(H,30,31). The molecule has 1 heterocycles. The Morgan fingerprint density at radius 2 is 1.97 bits per heavy atom. The van der Waals surface area contributed by atoms with Gasteiger partial charge in [0.1, 0.15) is 0 Å². The largest absolute Gasteiger partial charge is 0.390 e. The van der Waals surface area contributed by atoms with E-state index in [1.165, 1.54) is 16.7 Å². The zero-order chi connectivity index (χ0) is 22.2. The minimum atomic E-state index is -0.591. The van der Waals surface area contributed by atoms with Gasteiger partial charge in [-0.25, -0.2) is 0 Å². The van der Waals surface area contributed by atoms with Crippen LogP contribution in [0.3, 0.4) is 0 Å². The Kier molecular flexibility index (Phi) is 5.34. The number of aryl methyl sites for hydroxylation is 1. The van der Waals surface area contributed by atoms with E-state index in [1.807, 2.05) is 25.1 Å². The molecule has 2 N–H and O–H groups in total. The number of anilines is 1. The maximum absolute atomic E-state index is 12.9. The van der Waals surface area contributed by atoms with E-state index in [0.29, 0.717) is 17.2 Å². The van der Waals surface area contributed by atoms with Gasteiger partial charge in [0.2, 0.25) is 0 Å². The molecule has 2 aromatic carbocycles. The predicted molar refractivity (Wildman–Crippen MR) is 127 cm³/mol. The van der Waals surface area contributed by atoms with Crippen LogP contribution in [0.1, 0.15) is 59.7 Å². The normalized spacial score (nSPS) is 26.6. The molecular weight excluding hydrogens is 396 g/mol. The monoisotopic (exact) mass is 426 g/mol. The van der Waals surface area contributed by atoms with Gasteiger partial charge in [-0.15, -0.1) is 0 Å². The summed E-state index contributed by atoms with van der Waals surface area (Å²) in [5.41, 5.74) is 4.78. The van der Waals surface area contributed by atoms with E-state index in [1.54, 1.807) is 12.4 Å². The molecule has 32 heavy (non-hydrogen) atoms. The molecule has 0 bridgehead atoms. The molecule has 2 aliphatic rings. The molecule has 4 nitrogen and oxygen atoms in total. The third-order valence-corrected chi connectivity index (χ3v) is 7.53. The van der Waals surface area contributed by atoms with Gasteiger partial charge in [-0.05, 0) is 92.3 Å². The lowest BCUT2D eigenvalue weighted by Crippen LogP contribution is -2.50. The minimum Gasteiger partial charge on any atom is -0.390 e. The highest BCUT2D eigenvalue weighted by molar-refractivity contribution is 6.04. The molecule has 1 amide bonds. The van der Waals surface area contributed by atoms with Gasteiger partial charge in [0.25, 0.3) is 5.91 Å². The maximum Gasteiger partial charge on any atom is 0.255 e. The summed E-state index contributed by atoms with van der Waals surface area (Å²) < 4.78 is 0. The van der Waals surface area contributed by atoms with Gasteiger partial charge in [-0.3, -0.25) is 9.78 Å². The molecule has 0 saturated heterocycles. The first-order chi connectivity index (χ1) is 15.5. The summed E-state index contributed by atoms with van der Waals surface area (Å²) in [6, 6.07) is 20.6. The van der Waals surface area contributed by atoms with E-state index in [4.69, 9.17) is 0 Å². The first kappa shape index (κ1) is 20.9. The van der Waals surface area contributed by atoms with Crippen LogP contribution in [-0.4, -0.2) is 21.6 Å². The molecule has 164 valence electrons. The zero-order valence-electron chi connectivity index (χ0n) is 18.6. The fourth-order valence-electron chi connectivity index (χ4n) is 5.94. The van der Waals surface area contributed by atoms with Crippen molar-refractivity contribution in [2.45, 2.75) is 56.5 Å². The number of hydrogen-bond acceptors (Lipinski definition) is 3. The third kappa shape index (κ3) is 3.95. The van der Waals surface area contributed by atoms with Gasteiger partial charge < -0.3 is 10.4 Å². The number of aromatic nitrogens is 1. The van der Waals surface area contributed by atoms with Crippen LogP contribution in [0.5, 0.6) is 0 Å². The van der Waals surface area contributed by atoms with Crippen LogP contribution in [0.2, 0.25) is 0 Å². The Morgan fingerprint density at radius 1 is 1.12 bits per heavy atom. The third-order valence-electron chi connectivity index (χ3n) is 7.53. The first-order valence-corrected chi connectivity index (χ1v) is 11.6. The van der Waals surface area contributed by atoms with Crippen molar-refractivity contribution in [1.29, 1.82) is 0 Å². The van der Waals surface area contributed by atoms with Gasteiger partial charge in [0.15, 0.2) is 0 Å². The molecule has 2 aliphatic carbocycles. The van der Waals surface area contributed by atoms with Gasteiger partial charge in [-0.1, -0.05) is 36.4 Å². The second-order valence-corrected chi connectivity index (χ2v) is 9.82. The average molecular weight is 427 g/mol. The number of benzene rings is 2. The van der Waals surface area contributed by atoms with Crippen LogP contribution in [0.25, 0.3) is 0 Å². The number of hydrogen-bond donors (Lipinski definition) is 2. The Balaban J connectivity index is 1.50. The number of nitrogens with one attached hydrogen (secondary N) is 1. The molecule has 5 rings (SSSR count). The van der Waals surface area contributed by atoms with Crippen LogP contribution in [0, 0.1) is 5.92 Å². The molecule has 1 aromatic heterocycles. The molecular formula is C28H30N2O2. The Morgan fingerprint density at radius 3 is 2.75 bits per heavy atom. The molecule has 3 atom stereocenters. The van der Waals surface area contributed by atoms with Crippen molar-refractivity contribution in [3.8, 4) is 0 Å². The Hall–Kier alpha value is -2.98. The Bertz CT molecular complexity index is 1110. The zero-order valence-corrected chi connectivity index (χ0v) is 18.6. The lowest BCUT2D eigenvalue weighted by Gasteiger charge is -2.53. The summed E-state index contributed by atoms with van der Waals surface area (Å²) in [5.74, 6) is 0.334. The SMILES string of the molecule is CC1(O)CCC2(Cc3ccccc3)c3ccc(C(=O)Nc4cccnc4)cc3CCC2C1. The van der Waals surface area contributed by atoms with E-state index in [2.05, 4.69) is 52.8 Å². The number of fused-ring (bicyclic) bond motifs is 3. The molecule has 1 saturated carbocycles. The van der Waals surface area contributed by atoms with Crippen LogP contribution in [0.4, 0.5) is 5.69 Å². The van der Waals surface area contributed by atoms with Crippen LogP contribution >= 0.6 is 0 Å². The van der Waals surface area contributed by atoms with Crippen molar-refractivity contribution in [3.63, 3.8) is 0 Å². The number of pyridine rings is 1. The molecule has 3 aromatic rings. The highest BCUT2D eigenvalue weighted by atomic mass is 16.3. The first-order valence-electron chi connectivity index (χ1n) is 11.6. The fraction of sp³-hybridized carbons (Fsp3) is 0.357. The lowest BCUT2D eigenvalue weighted by atomic mass is 9.53. The smallest absolute Gasteiger partial charge is 0.255 e. The van der Waals surface area contributed by atoms with Crippen LogP contribution in [0.15, 0.2) is 73.1 Å². The van der Waals surface area contributed by atoms with E-state index in [-0.39, 0.29) is 11.3 Å². The van der Waals surface area contributed by atoms with Crippen molar-refractivity contribution in [2.24, 2.45) is 5.92 Å². The summed E-state index contributed by atoms with van der Waals surface area (Å²) in [6.45, 7) is 1.99. The summed E-state index contributed by atoms with van der Waals surface area (Å²) in [5, 5.41) is 13.8. The average Bonchev–Trinajstić information content (AvgIpc) is 2.80. The van der Waals surface area contributed by atoms with Gasteiger partial charge >= 0.3 is 0 Å². The van der Waals surface area contributed by atoms with E-state index in [9.17, 15) is 9.90 Å². The van der Waals surface area contributed by atoms with Crippen molar-refractivity contribution in [2.75, 3.05) is 5.32 Å². The molecule has 3 unspecified atom stereocenters. The fourth-order valence-corrected chi connectivity index (χ4v) is 5.94. The Labute approximate surface area is 189 Å². The number of amides is 1. The molecule has 4 heteroatoms. The van der Waals surface area contributed by atoms with E-state index >= 15 is 0 Å². The van der Waals surface area contributed by atoms with E-state index < -0.39 is 5.60 Å². The predicted octanol–water partition coefficient (Wildman–Crippen LogP) is 5.31. The summed E-state index contributed by atoms with van der Waals surface area (Å²) >= 11 is 0. The van der Waals surface area contributed by atoms with Crippen LogP contribution < -0.4 is 5.32 Å². The summed E-state index contributed by atoms with van der Waals surface area (Å²) in [4.78, 5) is 16.9. The summed E-state index contributed by atoms with van der Waals surface area (Å²) in [7, 11) is 0. The second kappa shape index (κ2) is 8.18. The molecule has 0 aliphatic heterocycles. The van der Waals surface area contributed by atoms with Crippen molar-refractivity contribution in [1.82, 2.24) is 4.98 Å². The number of aliphatic hydroxyl groups is 1. The van der Waals surface area contributed by atoms with Gasteiger partial charge in [0.05, 0.1) is 17.5 Å². The number of carbonyl (C=O) groups is 1. The quantitative estimate of drug-likeness (QED) is 0.594. The highest BCUT2D eigenvalue weighted by Gasteiger charge is 2.50. The molecule has 1 fully saturated rings. The number of carbonyl (C=O) groups excluding carboxylic acids is 1. The topological polar surface area (TPSA) is 62.2 Å². The van der Waals surface area contributed by atoms with E-state index in [0.717, 1.165) is 38.5 Å². The second-order valence-electron chi connectivity index (χ2n) is 9.82. The maximum atomic E-state index is 12.9. The van der Waals surface area contributed by atoms with Crippen molar-refractivity contribution >= 4 is 11.6 Å². The lowest BCUT2D eigenvalue weighted by molar-refractivity contribution is -0.0366. The van der Waals surface area contributed by atoms with Gasteiger partial charge in [-0.2, -0.15) is 0 Å². The number of rotatable bonds is 4.